The first-order valence-electron chi connectivity index (χ1n) is 4.63. The Balaban J connectivity index is 0.00000144. The van der Waals surface area contributed by atoms with E-state index in [2.05, 4.69) is 44.2 Å². The summed E-state index contributed by atoms with van der Waals surface area (Å²) in [6.45, 7) is 4.61. The Bertz CT molecular complexity index is 205. The highest BCUT2D eigenvalue weighted by Gasteiger charge is 2.02. The molecule has 0 saturated heterocycles. The molecule has 0 heterocycles. The van der Waals surface area contributed by atoms with Crippen LogP contribution in [0.1, 0.15) is 19.4 Å². The van der Waals surface area contributed by atoms with Gasteiger partial charge in [-0.2, -0.15) is 9.90 Å². The lowest BCUT2D eigenvalue weighted by atomic mass is 10.2. The third kappa shape index (κ3) is 4.75. The highest BCUT2D eigenvalue weighted by molar-refractivity contribution is 7.56. The Morgan fingerprint density at radius 2 is 1.54 bits per heavy atom. The molecule has 1 atom stereocenters. The lowest BCUT2D eigenvalue weighted by Gasteiger charge is -2.12. The summed E-state index contributed by atoms with van der Waals surface area (Å²) in [5.74, 6) is 0. The van der Waals surface area contributed by atoms with Crippen LogP contribution in [0.25, 0.3) is 0 Å². The van der Waals surface area contributed by atoms with Crippen LogP contribution in [0, 0.1) is 0 Å². The van der Waals surface area contributed by atoms with Crippen molar-refractivity contribution in [3.8, 4) is 0 Å². The number of benzene rings is 1. The first-order valence-corrected chi connectivity index (χ1v) is 6.52. The van der Waals surface area contributed by atoms with Crippen LogP contribution in [0.2, 0.25) is 0 Å². The van der Waals surface area contributed by atoms with Crippen molar-refractivity contribution in [1.82, 2.24) is 0 Å². The van der Waals surface area contributed by atoms with Crippen molar-refractivity contribution in [2.24, 2.45) is 0 Å². The van der Waals surface area contributed by atoms with Crippen molar-refractivity contribution < 1.29 is 0 Å². The van der Waals surface area contributed by atoms with Gasteiger partial charge in [-0.15, -0.1) is 7.92 Å². The predicted octanol–water partition coefficient (Wildman–Crippen LogP) is 3.77. The van der Waals surface area contributed by atoms with Crippen molar-refractivity contribution in [3.05, 3.63) is 35.9 Å². The van der Waals surface area contributed by atoms with Crippen LogP contribution in [-0.4, -0.2) is 12.3 Å². The van der Waals surface area contributed by atoms with Gasteiger partial charge >= 0.3 is 0 Å². The van der Waals surface area contributed by atoms with E-state index in [1.165, 1.54) is 24.0 Å². The average Bonchev–Trinajstić information content (AvgIpc) is 2.16. The molecule has 0 aliphatic carbocycles. The van der Waals surface area contributed by atoms with Crippen molar-refractivity contribution in [1.29, 1.82) is 0 Å². The minimum atomic E-state index is 0. The largest absolute Gasteiger partial charge is 0.153 e. The summed E-state index contributed by atoms with van der Waals surface area (Å²) >= 11 is 0. The fourth-order valence-corrected chi connectivity index (χ4v) is 2.91. The van der Waals surface area contributed by atoms with E-state index in [0.29, 0.717) is 0 Å². The molecule has 0 N–H and O–H groups in total. The summed E-state index contributed by atoms with van der Waals surface area (Å²) in [6.07, 6.45) is 4.03. The van der Waals surface area contributed by atoms with Crippen molar-refractivity contribution in [2.75, 3.05) is 12.3 Å². The van der Waals surface area contributed by atoms with E-state index in [1.54, 1.807) is 0 Å². The zero-order valence-corrected chi connectivity index (χ0v) is 11.0. The van der Waals surface area contributed by atoms with E-state index in [-0.39, 0.29) is 17.8 Å². The maximum atomic E-state index is 2.30. The van der Waals surface area contributed by atoms with Gasteiger partial charge in [-0.25, -0.2) is 0 Å². The van der Waals surface area contributed by atoms with Crippen LogP contribution < -0.4 is 0 Å². The van der Waals surface area contributed by atoms with E-state index < -0.39 is 0 Å². The van der Waals surface area contributed by atoms with E-state index in [0.717, 1.165) is 0 Å². The SMILES string of the molecule is CCP(CC)Cc1ccccc1.P. The molecular formula is C11H20P2. The van der Waals surface area contributed by atoms with Crippen molar-refractivity contribution in [3.63, 3.8) is 0 Å². The number of hydrogen-bond donors (Lipinski definition) is 0. The molecular weight excluding hydrogens is 194 g/mol. The third-order valence-corrected chi connectivity index (χ3v) is 4.74. The van der Waals surface area contributed by atoms with Crippen LogP contribution in [-0.2, 0) is 6.16 Å². The van der Waals surface area contributed by atoms with E-state index in [9.17, 15) is 0 Å². The molecule has 74 valence electrons. The molecule has 1 aromatic carbocycles. The molecule has 0 saturated carbocycles. The Morgan fingerprint density at radius 3 is 2.00 bits per heavy atom. The van der Waals surface area contributed by atoms with Crippen LogP contribution in [0.15, 0.2) is 30.3 Å². The van der Waals surface area contributed by atoms with E-state index in [1.807, 2.05) is 0 Å². The molecule has 0 aromatic heterocycles. The summed E-state index contributed by atoms with van der Waals surface area (Å²) in [4.78, 5) is 0. The first-order chi connectivity index (χ1) is 5.86. The highest BCUT2D eigenvalue weighted by Crippen LogP contribution is 2.38. The maximum absolute atomic E-state index is 2.30. The summed E-state index contributed by atoms with van der Waals surface area (Å²) in [5.41, 5.74) is 1.51. The fourth-order valence-electron chi connectivity index (χ4n) is 1.29. The van der Waals surface area contributed by atoms with Crippen LogP contribution in [0.3, 0.4) is 0 Å². The summed E-state index contributed by atoms with van der Waals surface area (Å²) in [7, 11) is 0.267. The average molecular weight is 214 g/mol. The third-order valence-electron chi connectivity index (χ3n) is 2.14. The Labute approximate surface area is 86.5 Å². The molecule has 1 rings (SSSR count). The van der Waals surface area contributed by atoms with Gasteiger partial charge in [-0.1, -0.05) is 44.2 Å². The van der Waals surface area contributed by atoms with Gasteiger partial charge in [0.1, 0.15) is 0 Å². The van der Waals surface area contributed by atoms with Crippen LogP contribution in [0.4, 0.5) is 0 Å². The van der Waals surface area contributed by atoms with Gasteiger partial charge in [0.25, 0.3) is 0 Å². The number of hydrogen-bond acceptors (Lipinski definition) is 0. The summed E-state index contributed by atoms with van der Waals surface area (Å²) < 4.78 is 0. The molecule has 0 aliphatic rings. The highest BCUT2D eigenvalue weighted by atomic mass is 31.1. The molecule has 13 heavy (non-hydrogen) atoms. The number of rotatable bonds is 4. The second-order valence-electron chi connectivity index (χ2n) is 2.95. The van der Waals surface area contributed by atoms with Gasteiger partial charge in [0.2, 0.25) is 0 Å². The lowest BCUT2D eigenvalue weighted by molar-refractivity contribution is 1.31. The monoisotopic (exact) mass is 214 g/mol. The summed E-state index contributed by atoms with van der Waals surface area (Å²) in [6, 6.07) is 10.8. The van der Waals surface area contributed by atoms with Gasteiger partial charge in [0.15, 0.2) is 0 Å². The minimum absolute atomic E-state index is 0. The molecule has 0 radical (unpaired) electrons. The Kier molecular flexibility index (Phi) is 7.53. The van der Waals surface area contributed by atoms with Crippen molar-refractivity contribution in [2.45, 2.75) is 20.0 Å². The normalized spacial score (nSPS) is 9.77. The molecule has 0 fully saturated rings. The van der Waals surface area contributed by atoms with Crippen molar-refractivity contribution >= 4 is 17.8 Å². The molecule has 1 aromatic rings. The fraction of sp³-hybridized carbons (Fsp3) is 0.455. The first kappa shape index (κ1) is 13.1. The second kappa shape index (κ2) is 7.48. The molecule has 0 nitrogen and oxygen atoms in total. The maximum Gasteiger partial charge on any atom is -0.00733 e. The second-order valence-corrected chi connectivity index (χ2v) is 5.87. The molecule has 0 spiro atoms. The quantitative estimate of drug-likeness (QED) is 0.669. The van der Waals surface area contributed by atoms with E-state index in [4.69, 9.17) is 0 Å². The van der Waals surface area contributed by atoms with E-state index >= 15 is 0 Å². The minimum Gasteiger partial charge on any atom is -0.153 e. The smallest absolute Gasteiger partial charge is 0.00733 e. The zero-order chi connectivity index (χ0) is 8.81. The van der Waals surface area contributed by atoms with Crippen LogP contribution in [0.5, 0.6) is 0 Å². The Morgan fingerprint density at radius 1 is 1.00 bits per heavy atom. The zero-order valence-electron chi connectivity index (χ0n) is 8.66. The standard InChI is InChI=1S/C11H17P.H3P/c1-3-12(4-2)10-11-8-6-5-7-9-11;/h5-9H,3-4,10H2,1-2H3;1H3. The van der Waals surface area contributed by atoms with Gasteiger partial charge in [0.05, 0.1) is 0 Å². The van der Waals surface area contributed by atoms with Gasteiger partial charge < -0.3 is 0 Å². The van der Waals surface area contributed by atoms with Gasteiger partial charge in [-0.3, -0.25) is 0 Å². The van der Waals surface area contributed by atoms with Gasteiger partial charge in [0, 0.05) is 0 Å². The van der Waals surface area contributed by atoms with Gasteiger partial charge in [-0.05, 0) is 24.0 Å². The van der Waals surface area contributed by atoms with Crippen LogP contribution >= 0.6 is 17.8 Å². The topological polar surface area (TPSA) is 0 Å². The lowest BCUT2D eigenvalue weighted by Crippen LogP contribution is -1.88. The Hall–Kier alpha value is 0.0800. The predicted molar refractivity (Wildman–Crippen MR) is 69.3 cm³/mol. The molecule has 0 amide bonds. The molecule has 1 unspecified atom stereocenters. The molecule has 2 heteroatoms. The molecule has 0 aliphatic heterocycles. The molecule has 0 bridgehead atoms. The summed E-state index contributed by atoms with van der Waals surface area (Å²) in [5, 5.41) is 0.